The number of hydrogen-bond donors (Lipinski definition) is 2. The maximum Gasteiger partial charge on any atom is 0.214 e. The summed E-state index contributed by atoms with van der Waals surface area (Å²) in [6.45, 7) is 12.5. The average molecular weight is 398 g/mol. The first-order valence-corrected chi connectivity index (χ1v) is 10.8. The van der Waals surface area contributed by atoms with Crippen molar-refractivity contribution in [2.75, 3.05) is 13.1 Å². The third kappa shape index (κ3) is 6.32. The first-order valence-electron chi connectivity index (χ1n) is 10.8. The van der Waals surface area contributed by atoms with Gasteiger partial charge in [0.05, 0.1) is 18.8 Å². The molecule has 1 fully saturated rings. The van der Waals surface area contributed by atoms with Gasteiger partial charge in [-0.15, -0.1) is 0 Å². The van der Waals surface area contributed by atoms with Gasteiger partial charge in [-0.25, -0.2) is 9.98 Å². The molecule has 1 aliphatic heterocycles. The van der Waals surface area contributed by atoms with Crippen molar-refractivity contribution in [1.29, 1.82) is 0 Å². The molecule has 0 radical (unpaired) electrons. The van der Waals surface area contributed by atoms with E-state index in [1.54, 1.807) is 0 Å². The smallest absolute Gasteiger partial charge is 0.214 e. The molecule has 0 spiro atoms. The maximum absolute atomic E-state index is 5.63. The number of nitrogens with one attached hydrogen (secondary N) is 2. The van der Waals surface area contributed by atoms with Gasteiger partial charge in [0, 0.05) is 19.1 Å². The normalized spacial score (nSPS) is 18.1. The quantitative estimate of drug-likeness (QED) is 0.548. The largest absolute Gasteiger partial charge is 0.444 e. The summed E-state index contributed by atoms with van der Waals surface area (Å²) in [7, 11) is 0. The van der Waals surface area contributed by atoms with Gasteiger partial charge >= 0.3 is 0 Å². The Morgan fingerprint density at radius 2 is 1.93 bits per heavy atom. The second-order valence-corrected chi connectivity index (χ2v) is 7.93. The lowest BCUT2D eigenvalue weighted by atomic mass is 10.0. The molecule has 2 heterocycles. The van der Waals surface area contributed by atoms with Gasteiger partial charge in [-0.3, -0.25) is 4.90 Å². The summed E-state index contributed by atoms with van der Waals surface area (Å²) in [5.41, 5.74) is 3.52. The minimum absolute atomic E-state index is 0.521. The van der Waals surface area contributed by atoms with Gasteiger partial charge in [-0.05, 0) is 58.2 Å². The van der Waals surface area contributed by atoms with Crippen LogP contribution in [0.3, 0.4) is 0 Å². The van der Waals surface area contributed by atoms with E-state index < -0.39 is 0 Å². The minimum Gasteiger partial charge on any atom is -0.444 e. The first kappa shape index (κ1) is 21.4. The van der Waals surface area contributed by atoms with Crippen LogP contribution in [0.2, 0.25) is 0 Å². The third-order valence-electron chi connectivity index (χ3n) is 5.59. The molecule has 6 heteroatoms. The molecule has 6 nitrogen and oxygen atoms in total. The fourth-order valence-electron chi connectivity index (χ4n) is 3.66. The molecule has 1 unspecified atom stereocenters. The van der Waals surface area contributed by atoms with E-state index in [9.17, 15) is 0 Å². The van der Waals surface area contributed by atoms with Gasteiger partial charge in [0.1, 0.15) is 5.76 Å². The second kappa shape index (κ2) is 10.4. The molecule has 1 aliphatic rings. The number of likely N-dealkylation sites (tertiary alicyclic amines) is 1. The standard InChI is InChI=1S/C23H35N5O/c1-5-24-23(26-15-22-27-18(3)19(4)29-22)25-14-20-9-11-21(12-10-20)16-28-13-7-6-8-17(28)2/h9-12,17H,5-8,13-16H2,1-4H3,(H2,24,25,26). The van der Waals surface area contributed by atoms with Gasteiger partial charge in [-0.2, -0.15) is 0 Å². The molecule has 2 N–H and O–H groups in total. The monoisotopic (exact) mass is 397 g/mol. The molecule has 0 aliphatic carbocycles. The number of nitrogens with zero attached hydrogens (tertiary/aromatic N) is 3. The lowest BCUT2D eigenvalue weighted by Crippen LogP contribution is -2.37. The summed E-state index contributed by atoms with van der Waals surface area (Å²) < 4.78 is 5.63. The van der Waals surface area contributed by atoms with E-state index in [2.05, 4.69) is 58.6 Å². The minimum atomic E-state index is 0.521. The third-order valence-corrected chi connectivity index (χ3v) is 5.59. The van der Waals surface area contributed by atoms with E-state index in [0.29, 0.717) is 25.0 Å². The maximum atomic E-state index is 5.63. The van der Waals surface area contributed by atoms with Crippen molar-refractivity contribution in [3.05, 3.63) is 52.7 Å². The first-order chi connectivity index (χ1) is 14.0. The Bertz CT molecular complexity index is 777. The summed E-state index contributed by atoms with van der Waals surface area (Å²) in [4.78, 5) is 11.7. The van der Waals surface area contributed by atoms with E-state index in [4.69, 9.17) is 9.41 Å². The predicted molar refractivity (Wildman–Crippen MR) is 118 cm³/mol. The van der Waals surface area contributed by atoms with Crippen molar-refractivity contribution in [3.63, 3.8) is 0 Å². The van der Waals surface area contributed by atoms with Crippen LogP contribution in [0.1, 0.15) is 61.6 Å². The van der Waals surface area contributed by atoms with Crippen LogP contribution in [-0.4, -0.2) is 35.0 Å². The average Bonchev–Trinajstić information content (AvgIpc) is 3.04. The molecule has 0 saturated carbocycles. The van der Waals surface area contributed by atoms with Crippen molar-refractivity contribution in [1.82, 2.24) is 20.5 Å². The van der Waals surface area contributed by atoms with Crippen molar-refractivity contribution >= 4 is 5.96 Å². The van der Waals surface area contributed by atoms with Crippen molar-refractivity contribution in [2.45, 2.75) is 72.6 Å². The number of guanidine groups is 1. The number of rotatable bonds is 7. The Kier molecular flexibility index (Phi) is 7.69. The van der Waals surface area contributed by atoms with E-state index in [0.717, 1.165) is 30.5 Å². The highest BCUT2D eigenvalue weighted by molar-refractivity contribution is 5.79. The number of aliphatic imine (C=N–C) groups is 1. The molecule has 29 heavy (non-hydrogen) atoms. The zero-order valence-electron chi connectivity index (χ0n) is 18.3. The van der Waals surface area contributed by atoms with E-state index in [-0.39, 0.29) is 0 Å². The lowest BCUT2D eigenvalue weighted by molar-refractivity contribution is 0.152. The van der Waals surface area contributed by atoms with E-state index >= 15 is 0 Å². The Hall–Kier alpha value is -2.34. The van der Waals surface area contributed by atoms with Crippen LogP contribution in [0.5, 0.6) is 0 Å². The van der Waals surface area contributed by atoms with E-state index in [1.165, 1.54) is 36.9 Å². The number of aryl methyl sites for hydroxylation is 2. The van der Waals surface area contributed by atoms with Gasteiger partial charge in [0.15, 0.2) is 5.96 Å². The summed E-state index contributed by atoms with van der Waals surface area (Å²) >= 11 is 0. The number of aromatic nitrogens is 1. The van der Waals surface area contributed by atoms with Crippen LogP contribution >= 0.6 is 0 Å². The fraction of sp³-hybridized carbons (Fsp3) is 0.565. The molecule has 1 saturated heterocycles. The number of oxazole rings is 1. The lowest BCUT2D eigenvalue weighted by Gasteiger charge is -2.33. The molecule has 0 bridgehead atoms. The molecule has 1 atom stereocenters. The Labute approximate surface area is 174 Å². The van der Waals surface area contributed by atoms with Crippen molar-refractivity contribution in [3.8, 4) is 0 Å². The van der Waals surface area contributed by atoms with Crippen molar-refractivity contribution in [2.24, 2.45) is 4.99 Å². The summed E-state index contributed by atoms with van der Waals surface area (Å²) in [5.74, 6) is 2.32. The zero-order chi connectivity index (χ0) is 20.6. The summed E-state index contributed by atoms with van der Waals surface area (Å²) in [6.07, 6.45) is 4.01. The second-order valence-electron chi connectivity index (χ2n) is 7.93. The molecule has 1 aromatic heterocycles. The van der Waals surface area contributed by atoms with Crippen LogP contribution in [0.25, 0.3) is 0 Å². The number of benzene rings is 1. The van der Waals surface area contributed by atoms with Crippen LogP contribution in [0.15, 0.2) is 33.7 Å². The highest BCUT2D eigenvalue weighted by Gasteiger charge is 2.17. The Balaban J connectivity index is 1.54. The van der Waals surface area contributed by atoms with E-state index in [1.807, 2.05) is 13.8 Å². The summed E-state index contributed by atoms with van der Waals surface area (Å²) in [5, 5.41) is 6.57. The van der Waals surface area contributed by atoms with Crippen molar-refractivity contribution < 1.29 is 4.42 Å². The SMILES string of the molecule is CCNC(=NCc1ccc(CN2CCCCC2C)cc1)NCc1nc(C)c(C)o1. The summed E-state index contributed by atoms with van der Waals surface area (Å²) in [6, 6.07) is 9.56. The zero-order valence-corrected chi connectivity index (χ0v) is 18.3. The highest BCUT2D eigenvalue weighted by Crippen LogP contribution is 2.19. The van der Waals surface area contributed by atoms with Crippen LogP contribution < -0.4 is 10.6 Å². The molecule has 158 valence electrons. The molecular formula is C23H35N5O. The highest BCUT2D eigenvalue weighted by atomic mass is 16.4. The van der Waals surface area contributed by atoms with Crippen LogP contribution in [0.4, 0.5) is 0 Å². The van der Waals surface area contributed by atoms with Gasteiger partial charge in [0.2, 0.25) is 5.89 Å². The molecule has 3 rings (SSSR count). The number of hydrogen-bond acceptors (Lipinski definition) is 4. The number of piperidine rings is 1. The predicted octanol–water partition coefficient (Wildman–Crippen LogP) is 3.92. The topological polar surface area (TPSA) is 65.7 Å². The molecule has 2 aromatic rings. The van der Waals surface area contributed by atoms with Gasteiger partial charge in [0.25, 0.3) is 0 Å². The van der Waals surface area contributed by atoms with Gasteiger partial charge in [-0.1, -0.05) is 30.7 Å². The molecular weight excluding hydrogens is 362 g/mol. The van der Waals surface area contributed by atoms with Gasteiger partial charge < -0.3 is 15.1 Å². The molecule has 1 aromatic carbocycles. The fourth-order valence-corrected chi connectivity index (χ4v) is 3.66. The van der Waals surface area contributed by atoms with Crippen LogP contribution in [-0.2, 0) is 19.6 Å². The Morgan fingerprint density at radius 1 is 1.17 bits per heavy atom. The molecule has 0 amide bonds. The van der Waals surface area contributed by atoms with Crippen LogP contribution in [0, 0.1) is 13.8 Å². The Morgan fingerprint density at radius 3 is 2.59 bits per heavy atom.